The largest absolute Gasteiger partial charge is 0.480 e. The average molecular weight is 390 g/mol. The molecule has 152 valence electrons. The standard InChI is InChI=1S/C19H26N4O5/c1-21(16-4-2-3-5-17(16)23(27)28)11-18(24)20-14-8-15(9-14)22(12-19(25)26)10-13-6-7-13/h2-5,13-15H,6-12H2,1H3,(H,20,24)(H,25,26). The van der Waals surface area contributed by atoms with Gasteiger partial charge in [-0.25, -0.2) is 0 Å². The molecule has 28 heavy (non-hydrogen) atoms. The van der Waals surface area contributed by atoms with E-state index >= 15 is 0 Å². The molecule has 3 rings (SSSR count). The molecule has 1 amide bonds. The van der Waals surface area contributed by atoms with Gasteiger partial charge in [-0.2, -0.15) is 0 Å². The first-order valence-electron chi connectivity index (χ1n) is 9.53. The van der Waals surface area contributed by atoms with E-state index < -0.39 is 10.9 Å². The van der Waals surface area contributed by atoms with Crippen LogP contribution in [0, 0.1) is 16.0 Å². The molecule has 0 atom stereocenters. The van der Waals surface area contributed by atoms with Crippen LogP contribution in [0.2, 0.25) is 0 Å². The highest BCUT2D eigenvalue weighted by molar-refractivity contribution is 5.82. The highest BCUT2D eigenvalue weighted by Gasteiger charge is 2.37. The highest BCUT2D eigenvalue weighted by Crippen LogP contribution is 2.34. The van der Waals surface area contributed by atoms with Gasteiger partial charge in [0.05, 0.1) is 18.0 Å². The quantitative estimate of drug-likeness (QED) is 0.459. The number of nitro benzene ring substituents is 1. The molecule has 0 saturated heterocycles. The minimum absolute atomic E-state index is 0.0205. The van der Waals surface area contributed by atoms with Crippen molar-refractivity contribution in [2.75, 3.05) is 31.6 Å². The van der Waals surface area contributed by atoms with Gasteiger partial charge in [-0.1, -0.05) is 12.1 Å². The van der Waals surface area contributed by atoms with E-state index in [0.717, 1.165) is 19.4 Å². The fourth-order valence-electron chi connectivity index (χ4n) is 3.67. The zero-order valence-corrected chi connectivity index (χ0v) is 15.9. The predicted molar refractivity (Wildman–Crippen MR) is 103 cm³/mol. The van der Waals surface area contributed by atoms with E-state index in [1.165, 1.54) is 18.9 Å². The Morgan fingerprint density at radius 2 is 1.93 bits per heavy atom. The second kappa shape index (κ2) is 8.55. The summed E-state index contributed by atoms with van der Waals surface area (Å²) in [4.78, 5) is 37.7. The second-order valence-corrected chi connectivity index (χ2v) is 7.76. The van der Waals surface area contributed by atoms with Crippen LogP contribution in [0.5, 0.6) is 0 Å². The molecule has 9 nitrogen and oxygen atoms in total. The third kappa shape index (κ3) is 5.19. The second-order valence-electron chi connectivity index (χ2n) is 7.76. The van der Waals surface area contributed by atoms with Crippen LogP contribution in [-0.4, -0.2) is 65.6 Å². The number of carbonyl (C=O) groups excluding carboxylic acids is 1. The predicted octanol–water partition coefficient (Wildman–Crippen LogP) is 1.47. The van der Waals surface area contributed by atoms with Crippen LogP contribution in [0.1, 0.15) is 25.7 Å². The maximum absolute atomic E-state index is 12.3. The number of nitrogens with zero attached hydrogens (tertiary/aromatic N) is 3. The molecule has 2 aliphatic carbocycles. The van der Waals surface area contributed by atoms with Gasteiger partial charge in [0, 0.05) is 31.7 Å². The molecule has 2 N–H and O–H groups in total. The van der Waals surface area contributed by atoms with Crippen molar-refractivity contribution in [3.63, 3.8) is 0 Å². The molecule has 0 unspecified atom stereocenters. The number of hydrogen-bond acceptors (Lipinski definition) is 6. The van der Waals surface area contributed by atoms with E-state index in [1.807, 2.05) is 4.90 Å². The van der Waals surface area contributed by atoms with Gasteiger partial charge in [-0.15, -0.1) is 0 Å². The normalized spacial score (nSPS) is 21.1. The van der Waals surface area contributed by atoms with Crippen LogP contribution in [-0.2, 0) is 9.59 Å². The van der Waals surface area contributed by atoms with Crippen LogP contribution in [0.3, 0.4) is 0 Å². The van der Waals surface area contributed by atoms with E-state index in [2.05, 4.69) is 5.32 Å². The summed E-state index contributed by atoms with van der Waals surface area (Å²) in [5.41, 5.74) is 0.358. The maximum atomic E-state index is 12.3. The molecule has 0 bridgehead atoms. The monoisotopic (exact) mass is 390 g/mol. The molecule has 0 spiro atoms. The first kappa shape index (κ1) is 20.1. The first-order valence-corrected chi connectivity index (χ1v) is 9.53. The Hall–Kier alpha value is -2.68. The third-order valence-electron chi connectivity index (χ3n) is 5.39. The van der Waals surface area contributed by atoms with Crippen molar-refractivity contribution in [2.45, 2.75) is 37.8 Å². The summed E-state index contributed by atoms with van der Waals surface area (Å²) in [7, 11) is 1.65. The van der Waals surface area contributed by atoms with E-state index in [1.54, 1.807) is 30.1 Å². The van der Waals surface area contributed by atoms with Crippen LogP contribution < -0.4 is 10.2 Å². The van der Waals surface area contributed by atoms with Gasteiger partial charge in [-0.05, 0) is 37.7 Å². The molecule has 1 aromatic rings. The maximum Gasteiger partial charge on any atom is 0.317 e. The lowest BCUT2D eigenvalue weighted by molar-refractivity contribution is -0.384. The van der Waals surface area contributed by atoms with Gasteiger partial charge < -0.3 is 15.3 Å². The number of anilines is 1. The van der Waals surface area contributed by atoms with Gasteiger partial charge in [0.1, 0.15) is 5.69 Å². The fraction of sp³-hybridized carbons (Fsp3) is 0.579. The number of amides is 1. The summed E-state index contributed by atoms with van der Waals surface area (Å²) in [6.07, 6.45) is 3.81. The lowest BCUT2D eigenvalue weighted by Gasteiger charge is -2.42. The molecule has 0 aliphatic heterocycles. The summed E-state index contributed by atoms with van der Waals surface area (Å²) in [5.74, 6) is -0.404. The summed E-state index contributed by atoms with van der Waals surface area (Å²) in [5, 5.41) is 23.2. The minimum atomic E-state index is -0.820. The van der Waals surface area contributed by atoms with Crippen molar-refractivity contribution in [3.8, 4) is 0 Å². The van der Waals surface area contributed by atoms with Gasteiger partial charge in [-0.3, -0.25) is 24.6 Å². The average Bonchev–Trinajstić information content (AvgIpc) is 3.40. The Kier molecular flexibility index (Phi) is 6.13. The molecule has 9 heteroatoms. The van der Waals surface area contributed by atoms with E-state index in [-0.39, 0.29) is 36.8 Å². The minimum Gasteiger partial charge on any atom is -0.480 e. The number of carboxylic acid groups (broad SMARTS) is 1. The number of aliphatic carboxylic acids is 1. The number of hydrogen-bond donors (Lipinski definition) is 2. The third-order valence-corrected chi connectivity index (χ3v) is 5.39. The van der Waals surface area contributed by atoms with Gasteiger partial charge >= 0.3 is 5.97 Å². The molecular formula is C19H26N4O5. The van der Waals surface area contributed by atoms with E-state index in [0.29, 0.717) is 11.6 Å². The smallest absolute Gasteiger partial charge is 0.317 e. The summed E-state index contributed by atoms with van der Waals surface area (Å²) in [6, 6.07) is 6.53. The number of carboxylic acids is 1. The van der Waals surface area contributed by atoms with E-state index in [9.17, 15) is 19.7 Å². The van der Waals surface area contributed by atoms with Gasteiger partial charge in [0.25, 0.3) is 5.69 Å². The van der Waals surface area contributed by atoms with Crippen molar-refractivity contribution in [3.05, 3.63) is 34.4 Å². The van der Waals surface area contributed by atoms with Crippen LogP contribution in [0.25, 0.3) is 0 Å². The summed E-state index contributed by atoms with van der Waals surface area (Å²) in [6.45, 7) is 0.882. The number of nitro groups is 1. The topological polar surface area (TPSA) is 116 Å². The Morgan fingerprint density at radius 1 is 1.25 bits per heavy atom. The van der Waals surface area contributed by atoms with Crippen molar-refractivity contribution in [1.29, 1.82) is 0 Å². The number of carbonyl (C=O) groups is 2. The first-order chi connectivity index (χ1) is 13.3. The Labute approximate surface area is 163 Å². The molecule has 2 saturated carbocycles. The molecule has 0 aromatic heterocycles. The lowest BCUT2D eigenvalue weighted by atomic mass is 9.85. The molecule has 2 aliphatic rings. The molecule has 0 radical (unpaired) electrons. The zero-order valence-electron chi connectivity index (χ0n) is 15.9. The van der Waals surface area contributed by atoms with Crippen molar-refractivity contribution in [2.24, 2.45) is 5.92 Å². The lowest BCUT2D eigenvalue weighted by Crippen LogP contribution is -2.56. The Morgan fingerprint density at radius 3 is 2.54 bits per heavy atom. The molecule has 1 aromatic carbocycles. The number of benzene rings is 1. The van der Waals surface area contributed by atoms with Gasteiger partial charge in [0.15, 0.2) is 0 Å². The SMILES string of the molecule is CN(CC(=O)NC1CC(N(CC(=O)O)CC2CC2)C1)c1ccccc1[N+](=O)[O-]. The summed E-state index contributed by atoms with van der Waals surface area (Å²) >= 11 is 0. The fourth-order valence-corrected chi connectivity index (χ4v) is 3.67. The van der Waals surface area contributed by atoms with Crippen molar-refractivity contribution < 1.29 is 19.6 Å². The van der Waals surface area contributed by atoms with Gasteiger partial charge in [0.2, 0.25) is 5.91 Å². The number of para-hydroxylation sites is 2. The molecule has 2 fully saturated rings. The van der Waals surface area contributed by atoms with E-state index in [4.69, 9.17) is 5.11 Å². The molecule has 0 heterocycles. The number of nitrogens with one attached hydrogen (secondary N) is 1. The summed E-state index contributed by atoms with van der Waals surface area (Å²) < 4.78 is 0. The molecular weight excluding hydrogens is 364 g/mol. The van der Waals surface area contributed by atoms with Crippen LogP contribution in [0.4, 0.5) is 11.4 Å². The van der Waals surface area contributed by atoms with Crippen LogP contribution >= 0.6 is 0 Å². The van der Waals surface area contributed by atoms with Crippen molar-refractivity contribution >= 4 is 23.3 Å². The zero-order chi connectivity index (χ0) is 20.3. The number of rotatable bonds is 10. The Balaban J connectivity index is 1.47. The number of likely N-dealkylation sites (N-methyl/N-ethyl adjacent to an activating group) is 1. The highest BCUT2D eigenvalue weighted by atomic mass is 16.6. The van der Waals surface area contributed by atoms with Crippen molar-refractivity contribution in [1.82, 2.24) is 10.2 Å². The Bertz CT molecular complexity index is 746. The van der Waals surface area contributed by atoms with Crippen LogP contribution in [0.15, 0.2) is 24.3 Å².